The maximum atomic E-state index is 4.81. The summed E-state index contributed by atoms with van der Waals surface area (Å²) in [4.78, 5) is 13.9. The van der Waals surface area contributed by atoms with Crippen molar-refractivity contribution in [1.82, 2.24) is 9.97 Å². The number of aryl methyl sites for hydroxylation is 1. The lowest BCUT2D eigenvalue weighted by molar-refractivity contribution is 0.442. The van der Waals surface area contributed by atoms with Crippen molar-refractivity contribution in [3.63, 3.8) is 0 Å². The van der Waals surface area contributed by atoms with Crippen LogP contribution < -0.4 is 9.80 Å². The van der Waals surface area contributed by atoms with E-state index in [1.165, 1.54) is 12.8 Å². The van der Waals surface area contributed by atoms with Gasteiger partial charge in [-0.2, -0.15) is 4.98 Å². The van der Waals surface area contributed by atoms with E-state index < -0.39 is 0 Å². The molecular weight excluding hydrogens is 272 g/mol. The van der Waals surface area contributed by atoms with Gasteiger partial charge in [-0.15, -0.1) is 0 Å². The average Bonchev–Trinajstić information content (AvgIpc) is 2.54. The van der Waals surface area contributed by atoms with Crippen molar-refractivity contribution in [1.29, 1.82) is 0 Å². The molecule has 0 spiro atoms. The zero-order valence-corrected chi connectivity index (χ0v) is 13.7. The van der Waals surface area contributed by atoms with Crippen LogP contribution in [-0.4, -0.2) is 30.1 Å². The van der Waals surface area contributed by atoms with Gasteiger partial charge < -0.3 is 9.80 Å². The third-order valence-electron chi connectivity index (χ3n) is 4.26. The SMILES string of the molecule is Cc1cc(N(C)c2ccccc2)nc(N2CCCC(C)C2)n1. The Bertz CT molecular complexity index is 626. The molecule has 0 aliphatic carbocycles. The Hall–Kier alpha value is -2.10. The molecule has 0 radical (unpaired) electrons. The van der Waals surface area contributed by atoms with Crippen molar-refractivity contribution in [2.75, 3.05) is 29.9 Å². The highest BCUT2D eigenvalue weighted by molar-refractivity contribution is 5.60. The molecule has 1 aliphatic rings. The number of rotatable bonds is 3. The molecule has 4 heteroatoms. The van der Waals surface area contributed by atoms with Gasteiger partial charge in [0.05, 0.1) is 0 Å². The molecule has 4 nitrogen and oxygen atoms in total. The molecule has 1 aromatic carbocycles. The second kappa shape index (κ2) is 6.34. The Morgan fingerprint density at radius 2 is 1.95 bits per heavy atom. The summed E-state index contributed by atoms with van der Waals surface area (Å²) in [6.45, 7) is 6.46. The smallest absolute Gasteiger partial charge is 0.227 e. The number of para-hydroxylation sites is 1. The van der Waals surface area contributed by atoms with E-state index in [4.69, 9.17) is 4.98 Å². The van der Waals surface area contributed by atoms with Crippen LogP contribution in [0, 0.1) is 12.8 Å². The van der Waals surface area contributed by atoms with Crippen molar-refractivity contribution < 1.29 is 0 Å². The van der Waals surface area contributed by atoms with Gasteiger partial charge in [0.25, 0.3) is 0 Å². The molecule has 2 heterocycles. The highest BCUT2D eigenvalue weighted by atomic mass is 15.3. The van der Waals surface area contributed by atoms with Crippen LogP contribution in [0.1, 0.15) is 25.5 Å². The fraction of sp³-hybridized carbons (Fsp3) is 0.444. The highest BCUT2D eigenvalue weighted by Gasteiger charge is 2.20. The molecule has 1 fully saturated rings. The van der Waals surface area contributed by atoms with Gasteiger partial charge >= 0.3 is 0 Å². The Labute approximate surface area is 132 Å². The van der Waals surface area contributed by atoms with Gasteiger partial charge in [-0.1, -0.05) is 25.1 Å². The van der Waals surface area contributed by atoms with Gasteiger partial charge in [0.2, 0.25) is 5.95 Å². The van der Waals surface area contributed by atoms with Gasteiger partial charge in [-0.25, -0.2) is 4.98 Å². The Morgan fingerprint density at radius 3 is 2.68 bits per heavy atom. The minimum atomic E-state index is 0.716. The Morgan fingerprint density at radius 1 is 1.18 bits per heavy atom. The second-order valence-corrected chi connectivity index (χ2v) is 6.26. The first-order valence-electron chi connectivity index (χ1n) is 8.03. The molecule has 1 unspecified atom stereocenters. The maximum absolute atomic E-state index is 4.81. The molecule has 1 aliphatic heterocycles. The number of hydrogen-bond donors (Lipinski definition) is 0. The average molecular weight is 296 g/mol. The van der Waals surface area contributed by atoms with E-state index in [1.807, 2.05) is 31.2 Å². The first-order valence-corrected chi connectivity index (χ1v) is 8.03. The van der Waals surface area contributed by atoms with Crippen molar-refractivity contribution in [2.24, 2.45) is 5.92 Å². The number of hydrogen-bond acceptors (Lipinski definition) is 4. The normalized spacial score (nSPS) is 18.3. The highest BCUT2D eigenvalue weighted by Crippen LogP contribution is 2.26. The Balaban J connectivity index is 1.89. The maximum Gasteiger partial charge on any atom is 0.227 e. The van der Waals surface area contributed by atoms with E-state index in [1.54, 1.807) is 0 Å². The molecule has 0 saturated carbocycles. The number of aromatic nitrogens is 2. The van der Waals surface area contributed by atoms with Crippen LogP contribution in [-0.2, 0) is 0 Å². The molecule has 0 amide bonds. The molecule has 0 N–H and O–H groups in total. The summed E-state index contributed by atoms with van der Waals surface area (Å²) in [5, 5.41) is 0. The molecule has 2 aromatic rings. The molecule has 1 saturated heterocycles. The molecule has 1 aromatic heterocycles. The number of piperidine rings is 1. The van der Waals surface area contributed by atoms with Crippen LogP contribution in [0.5, 0.6) is 0 Å². The predicted octanol–water partition coefficient (Wildman–Crippen LogP) is 3.79. The van der Waals surface area contributed by atoms with E-state index in [0.717, 1.165) is 36.2 Å². The standard InChI is InChI=1S/C18H24N4/c1-14-8-7-11-22(13-14)18-19-15(2)12-17(20-18)21(3)16-9-5-4-6-10-16/h4-6,9-10,12,14H,7-8,11,13H2,1-3H3. The molecule has 116 valence electrons. The van der Waals surface area contributed by atoms with Crippen LogP contribution in [0.2, 0.25) is 0 Å². The molecule has 1 atom stereocenters. The number of nitrogens with zero attached hydrogens (tertiary/aromatic N) is 4. The van der Waals surface area contributed by atoms with E-state index in [-0.39, 0.29) is 0 Å². The van der Waals surface area contributed by atoms with Gasteiger partial charge in [0, 0.05) is 37.6 Å². The van der Waals surface area contributed by atoms with E-state index in [9.17, 15) is 0 Å². The molecule has 22 heavy (non-hydrogen) atoms. The van der Waals surface area contributed by atoms with Crippen LogP contribution in [0.3, 0.4) is 0 Å². The second-order valence-electron chi connectivity index (χ2n) is 6.26. The van der Waals surface area contributed by atoms with E-state index in [2.05, 4.69) is 40.9 Å². The lowest BCUT2D eigenvalue weighted by atomic mass is 10.0. The lowest BCUT2D eigenvalue weighted by Gasteiger charge is -2.31. The molecule has 0 bridgehead atoms. The summed E-state index contributed by atoms with van der Waals surface area (Å²) in [6.07, 6.45) is 2.53. The first-order chi connectivity index (χ1) is 10.6. The van der Waals surface area contributed by atoms with Crippen LogP contribution >= 0.6 is 0 Å². The zero-order chi connectivity index (χ0) is 15.5. The van der Waals surface area contributed by atoms with Crippen LogP contribution in [0.15, 0.2) is 36.4 Å². The lowest BCUT2D eigenvalue weighted by Crippen LogP contribution is -2.35. The van der Waals surface area contributed by atoms with Crippen LogP contribution in [0.4, 0.5) is 17.5 Å². The summed E-state index contributed by atoms with van der Waals surface area (Å²) in [6, 6.07) is 12.4. The molecule has 3 rings (SSSR count). The topological polar surface area (TPSA) is 32.3 Å². The summed E-state index contributed by atoms with van der Waals surface area (Å²) in [7, 11) is 2.06. The van der Waals surface area contributed by atoms with Crippen molar-refractivity contribution in [3.8, 4) is 0 Å². The number of anilines is 3. The summed E-state index contributed by atoms with van der Waals surface area (Å²) >= 11 is 0. The van der Waals surface area contributed by atoms with Crippen molar-refractivity contribution >= 4 is 17.5 Å². The Kier molecular flexibility index (Phi) is 4.27. The third-order valence-corrected chi connectivity index (χ3v) is 4.26. The van der Waals surface area contributed by atoms with E-state index >= 15 is 0 Å². The third kappa shape index (κ3) is 3.21. The molecular formula is C18H24N4. The van der Waals surface area contributed by atoms with Gasteiger partial charge in [0.15, 0.2) is 0 Å². The largest absolute Gasteiger partial charge is 0.340 e. The van der Waals surface area contributed by atoms with Gasteiger partial charge in [-0.3, -0.25) is 0 Å². The fourth-order valence-electron chi connectivity index (χ4n) is 3.00. The predicted molar refractivity (Wildman–Crippen MR) is 91.9 cm³/mol. The summed E-state index contributed by atoms with van der Waals surface area (Å²) < 4.78 is 0. The summed E-state index contributed by atoms with van der Waals surface area (Å²) in [5.41, 5.74) is 2.15. The minimum absolute atomic E-state index is 0.716. The van der Waals surface area contributed by atoms with Crippen molar-refractivity contribution in [2.45, 2.75) is 26.7 Å². The quantitative estimate of drug-likeness (QED) is 0.862. The van der Waals surface area contributed by atoms with Crippen molar-refractivity contribution in [3.05, 3.63) is 42.1 Å². The van der Waals surface area contributed by atoms with Crippen LogP contribution in [0.25, 0.3) is 0 Å². The first kappa shape index (κ1) is 14.8. The number of benzene rings is 1. The minimum Gasteiger partial charge on any atom is -0.340 e. The van der Waals surface area contributed by atoms with Gasteiger partial charge in [-0.05, 0) is 37.8 Å². The van der Waals surface area contributed by atoms with E-state index in [0.29, 0.717) is 5.92 Å². The monoisotopic (exact) mass is 296 g/mol. The van der Waals surface area contributed by atoms with Gasteiger partial charge in [0.1, 0.15) is 5.82 Å². The zero-order valence-electron chi connectivity index (χ0n) is 13.7. The fourth-order valence-corrected chi connectivity index (χ4v) is 3.00. The summed E-state index contributed by atoms with van der Waals surface area (Å²) in [5.74, 6) is 2.53.